The van der Waals surface area contributed by atoms with Gasteiger partial charge in [-0.25, -0.2) is 15.0 Å². The molecule has 0 unspecified atom stereocenters. The molecular weight excluding hydrogens is 667 g/mol. The summed E-state index contributed by atoms with van der Waals surface area (Å²) in [5, 5.41) is 10.1. The minimum Gasteiger partial charge on any atom is -0.208 e. The molecule has 0 fully saturated rings. The van der Waals surface area contributed by atoms with Crippen LogP contribution in [0.5, 0.6) is 0 Å². The number of benzene rings is 9. The molecule has 3 heteroatoms. The van der Waals surface area contributed by atoms with Crippen molar-refractivity contribution in [1.82, 2.24) is 15.0 Å². The molecule has 0 amide bonds. The first-order chi connectivity index (χ1) is 27.0. The Labute approximate surface area is 319 Å². The van der Waals surface area contributed by atoms with Gasteiger partial charge in [-0.1, -0.05) is 178 Å². The molecule has 258 valence electrons. The van der Waals surface area contributed by atoms with Crippen LogP contribution in [-0.2, 0) is 5.41 Å². The van der Waals surface area contributed by atoms with Crippen LogP contribution >= 0.6 is 0 Å². The van der Waals surface area contributed by atoms with Gasteiger partial charge in [-0.2, -0.15) is 0 Å². The van der Waals surface area contributed by atoms with Crippen molar-refractivity contribution in [3.05, 3.63) is 187 Å². The molecular formula is C52H35N3. The molecule has 0 N–H and O–H groups in total. The number of fused-ring (bicyclic) bond motifs is 11. The molecule has 0 saturated carbocycles. The van der Waals surface area contributed by atoms with E-state index in [1.807, 2.05) is 60.7 Å². The molecule has 55 heavy (non-hydrogen) atoms. The van der Waals surface area contributed by atoms with Gasteiger partial charge in [-0.3, -0.25) is 0 Å². The second kappa shape index (κ2) is 12.0. The van der Waals surface area contributed by atoms with Crippen molar-refractivity contribution in [1.29, 1.82) is 0 Å². The Balaban J connectivity index is 1.09. The standard InChI is InChI=1S/C52H35N3/c1-52(2)45-24-14-13-23-43(45)47-41-22-12-11-21-40(41)46-37-27-25-34(31-35(37)26-28-44(46)48(47)52)36-29-30-42(39-20-10-9-19-38(36)39)51-54-49(32-15-5-3-6-16-32)53-50(55-51)33-17-7-4-8-18-33/h3-31H,1-2H3. The van der Waals surface area contributed by atoms with Crippen LogP contribution in [0.25, 0.3) is 99.5 Å². The van der Waals surface area contributed by atoms with E-state index < -0.39 is 0 Å². The maximum atomic E-state index is 5.07. The molecule has 0 saturated heterocycles. The van der Waals surface area contributed by atoms with Gasteiger partial charge in [-0.15, -0.1) is 0 Å². The topological polar surface area (TPSA) is 38.7 Å². The van der Waals surface area contributed by atoms with E-state index in [4.69, 9.17) is 15.0 Å². The molecule has 1 heterocycles. The number of aromatic nitrogens is 3. The average Bonchev–Trinajstić information content (AvgIpc) is 3.50. The van der Waals surface area contributed by atoms with Gasteiger partial charge < -0.3 is 0 Å². The summed E-state index contributed by atoms with van der Waals surface area (Å²) in [5.41, 5.74) is 10.7. The predicted molar refractivity (Wildman–Crippen MR) is 229 cm³/mol. The second-order valence-electron chi connectivity index (χ2n) is 15.1. The molecule has 1 aromatic heterocycles. The van der Waals surface area contributed by atoms with Crippen LogP contribution in [-0.4, -0.2) is 15.0 Å². The van der Waals surface area contributed by atoms with Crippen LogP contribution in [0, 0.1) is 0 Å². The average molecular weight is 702 g/mol. The molecule has 1 aliphatic rings. The molecule has 0 radical (unpaired) electrons. The van der Waals surface area contributed by atoms with E-state index in [1.165, 1.54) is 65.7 Å². The highest BCUT2D eigenvalue weighted by Crippen LogP contribution is 2.55. The van der Waals surface area contributed by atoms with Crippen molar-refractivity contribution >= 4 is 43.1 Å². The zero-order valence-corrected chi connectivity index (χ0v) is 30.6. The lowest BCUT2D eigenvalue weighted by molar-refractivity contribution is 0.666. The first kappa shape index (κ1) is 31.5. The van der Waals surface area contributed by atoms with E-state index in [0.29, 0.717) is 17.5 Å². The second-order valence-corrected chi connectivity index (χ2v) is 15.1. The summed E-state index contributed by atoms with van der Waals surface area (Å²) in [5.74, 6) is 1.97. The zero-order valence-electron chi connectivity index (χ0n) is 30.6. The van der Waals surface area contributed by atoms with Gasteiger partial charge in [0, 0.05) is 22.1 Å². The van der Waals surface area contributed by atoms with Gasteiger partial charge >= 0.3 is 0 Å². The molecule has 11 rings (SSSR count). The maximum absolute atomic E-state index is 5.07. The maximum Gasteiger partial charge on any atom is 0.164 e. The summed E-state index contributed by atoms with van der Waals surface area (Å²) in [6, 6.07) is 63.0. The Morgan fingerprint density at radius 3 is 1.62 bits per heavy atom. The SMILES string of the molecule is CC1(C)c2ccccc2-c2c1c1ccc3cc(-c4ccc(-c5nc(-c6ccccc6)nc(-c6ccccc6)n5)c5ccccc45)ccc3c1c1ccccc21. The molecule has 9 aromatic carbocycles. The molecule has 10 aromatic rings. The highest BCUT2D eigenvalue weighted by atomic mass is 15.0. The zero-order chi connectivity index (χ0) is 36.7. The van der Waals surface area contributed by atoms with Gasteiger partial charge in [0.15, 0.2) is 17.5 Å². The lowest BCUT2D eigenvalue weighted by Gasteiger charge is -2.24. The Morgan fingerprint density at radius 2 is 0.909 bits per heavy atom. The van der Waals surface area contributed by atoms with Gasteiger partial charge in [0.2, 0.25) is 0 Å². The van der Waals surface area contributed by atoms with Crippen LogP contribution in [0.3, 0.4) is 0 Å². The lowest BCUT2D eigenvalue weighted by atomic mass is 9.78. The fourth-order valence-electron chi connectivity index (χ4n) is 9.17. The lowest BCUT2D eigenvalue weighted by Crippen LogP contribution is -2.15. The summed E-state index contributed by atoms with van der Waals surface area (Å²) in [6.45, 7) is 4.77. The van der Waals surface area contributed by atoms with Gasteiger partial charge in [-0.05, 0) is 88.6 Å². The summed E-state index contributed by atoms with van der Waals surface area (Å²) in [6.07, 6.45) is 0. The molecule has 0 aliphatic heterocycles. The van der Waals surface area contributed by atoms with E-state index in [9.17, 15) is 0 Å². The Hall–Kier alpha value is -6.97. The summed E-state index contributed by atoms with van der Waals surface area (Å²) >= 11 is 0. The third kappa shape index (κ3) is 4.79. The summed E-state index contributed by atoms with van der Waals surface area (Å²) in [7, 11) is 0. The highest BCUT2D eigenvalue weighted by molar-refractivity contribution is 6.26. The Morgan fingerprint density at radius 1 is 0.364 bits per heavy atom. The third-order valence-electron chi connectivity index (χ3n) is 11.7. The molecule has 3 nitrogen and oxygen atoms in total. The van der Waals surface area contributed by atoms with Crippen molar-refractivity contribution in [3.8, 4) is 56.4 Å². The van der Waals surface area contributed by atoms with Crippen molar-refractivity contribution in [2.75, 3.05) is 0 Å². The minimum absolute atomic E-state index is 0.106. The fourth-order valence-corrected chi connectivity index (χ4v) is 9.17. The van der Waals surface area contributed by atoms with Crippen LogP contribution in [0.4, 0.5) is 0 Å². The van der Waals surface area contributed by atoms with E-state index in [1.54, 1.807) is 0 Å². The highest BCUT2D eigenvalue weighted by Gasteiger charge is 2.38. The normalized spacial score (nSPS) is 13.1. The minimum atomic E-state index is -0.106. The van der Waals surface area contributed by atoms with E-state index in [0.717, 1.165) is 27.5 Å². The largest absolute Gasteiger partial charge is 0.208 e. The Bertz CT molecular complexity index is 3110. The van der Waals surface area contributed by atoms with Gasteiger partial charge in [0.1, 0.15) is 0 Å². The number of rotatable bonds is 4. The van der Waals surface area contributed by atoms with Gasteiger partial charge in [0.05, 0.1) is 0 Å². The van der Waals surface area contributed by atoms with E-state index in [-0.39, 0.29) is 5.41 Å². The number of hydrogen-bond acceptors (Lipinski definition) is 3. The van der Waals surface area contributed by atoms with Crippen molar-refractivity contribution in [3.63, 3.8) is 0 Å². The monoisotopic (exact) mass is 701 g/mol. The smallest absolute Gasteiger partial charge is 0.164 e. The molecule has 0 atom stereocenters. The van der Waals surface area contributed by atoms with Crippen molar-refractivity contribution < 1.29 is 0 Å². The third-order valence-corrected chi connectivity index (χ3v) is 11.7. The van der Waals surface area contributed by atoms with Gasteiger partial charge in [0.25, 0.3) is 0 Å². The van der Waals surface area contributed by atoms with Crippen LogP contribution < -0.4 is 0 Å². The van der Waals surface area contributed by atoms with Crippen molar-refractivity contribution in [2.45, 2.75) is 19.3 Å². The van der Waals surface area contributed by atoms with E-state index >= 15 is 0 Å². The molecule has 0 bridgehead atoms. The summed E-state index contributed by atoms with van der Waals surface area (Å²) in [4.78, 5) is 15.1. The Kier molecular flexibility index (Phi) is 6.90. The van der Waals surface area contributed by atoms with Crippen LogP contribution in [0.2, 0.25) is 0 Å². The quantitative estimate of drug-likeness (QED) is 0.171. The molecule has 1 aliphatic carbocycles. The van der Waals surface area contributed by atoms with Crippen LogP contribution in [0.15, 0.2) is 176 Å². The van der Waals surface area contributed by atoms with Crippen molar-refractivity contribution in [2.24, 2.45) is 0 Å². The fraction of sp³-hybridized carbons (Fsp3) is 0.0577. The first-order valence-corrected chi connectivity index (χ1v) is 19.0. The number of hydrogen-bond donors (Lipinski definition) is 0. The van der Waals surface area contributed by atoms with Crippen LogP contribution in [0.1, 0.15) is 25.0 Å². The predicted octanol–water partition coefficient (Wildman–Crippen LogP) is 13.5. The molecule has 0 spiro atoms. The number of nitrogens with zero attached hydrogens (tertiary/aromatic N) is 3. The summed E-state index contributed by atoms with van der Waals surface area (Å²) < 4.78 is 0. The van der Waals surface area contributed by atoms with E-state index in [2.05, 4.69) is 129 Å². The first-order valence-electron chi connectivity index (χ1n) is 19.0.